The zero-order chi connectivity index (χ0) is 19.9. The molecule has 0 atom stereocenters. The summed E-state index contributed by atoms with van der Waals surface area (Å²) in [5.74, 6) is 2.53. The van der Waals surface area contributed by atoms with Crippen LogP contribution in [0.3, 0.4) is 0 Å². The average molecular weight is 383 g/mol. The number of carbonyl (C=O) groups excluding carboxylic acids is 1. The van der Waals surface area contributed by atoms with Crippen LogP contribution in [-0.2, 0) is 4.79 Å². The van der Waals surface area contributed by atoms with Gasteiger partial charge in [-0.25, -0.2) is 4.98 Å². The molecule has 2 heterocycles. The zero-order valence-corrected chi connectivity index (χ0v) is 16.4. The van der Waals surface area contributed by atoms with Gasteiger partial charge in [0.25, 0.3) is 0 Å². The lowest BCUT2D eigenvalue weighted by Crippen LogP contribution is -2.48. The molecule has 0 radical (unpaired) electrons. The molecule has 28 heavy (non-hydrogen) atoms. The number of hydrogen-bond acceptors (Lipinski definition) is 6. The van der Waals surface area contributed by atoms with E-state index in [9.17, 15) is 4.79 Å². The minimum Gasteiger partial charge on any atom is -0.493 e. The number of pyridine rings is 1. The van der Waals surface area contributed by atoms with Gasteiger partial charge in [0.2, 0.25) is 11.7 Å². The smallest absolute Gasteiger partial charge is 0.246 e. The predicted molar refractivity (Wildman–Crippen MR) is 108 cm³/mol. The van der Waals surface area contributed by atoms with E-state index >= 15 is 0 Å². The van der Waals surface area contributed by atoms with Gasteiger partial charge in [0.15, 0.2) is 11.5 Å². The van der Waals surface area contributed by atoms with E-state index in [1.807, 2.05) is 29.2 Å². The van der Waals surface area contributed by atoms with E-state index in [0.717, 1.165) is 24.5 Å². The number of anilines is 1. The second-order valence-electron chi connectivity index (χ2n) is 6.26. The average Bonchev–Trinajstić information content (AvgIpc) is 2.77. The van der Waals surface area contributed by atoms with Gasteiger partial charge in [-0.05, 0) is 30.3 Å². The van der Waals surface area contributed by atoms with E-state index < -0.39 is 0 Å². The van der Waals surface area contributed by atoms with Crippen LogP contribution in [0.4, 0.5) is 5.82 Å². The van der Waals surface area contributed by atoms with Gasteiger partial charge < -0.3 is 24.0 Å². The summed E-state index contributed by atoms with van der Waals surface area (Å²) in [6, 6.07) is 9.48. The van der Waals surface area contributed by atoms with Crippen LogP contribution in [0, 0.1) is 0 Å². The van der Waals surface area contributed by atoms with Crippen LogP contribution >= 0.6 is 0 Å². The first kappa shape index (κ1) is 19.5. The molecule has 7 nitrogen and oxygen atoms in total. The van der Waals surface area contributed by atoms with Crippen molar-refractivity contribution >= 4 is 17.8 Å². The second-order valence-corrected chi connectivity index (χ2v) is 6.26. The third-order valence-corrected chi connectivity index (χ3v) is 4.70. The highest BCUT2D eigenvalue weighted by molar-refractivity contribution is 5.92. The highest BCUT2D eigenvalue weighted by Crippen LogP contribution is 2.40. The molecule has 0 spiro atoms. The summed E-state index contributed by atoms with van der Waals surface area (Å²) in [7, 11) is 4.69. The number of rotatable bonds is 6. The summed E-state index contributed by atoms with van der Waals surface area (Å²) in [4.78, 5) is 21.0. The lowest BCUT2D eigenvalue weighted by Gasteiger charge is -2.34. The first-order valence-corrected chi connectivity index (χ1v) is 9.10. The van der Waals surface area contributed by atoms with E-state index in [4.69, 9.17) is 14.2 Å². The van der Waals surface area contributed by atoms with E-state index in [1.165, 1.54) is 0 Å². The van der Waals surface area contributed by atoms with E-state index in [1.54, 1.807) is 45.7 Å². The van der Waals surface area contributed by atoms with Gasteiger partial charge in [0.1, 0.15) is 5.82 Å². The number of nitrogens with zero attached hydrogens (tertiary/aromatic N) is 3. The second kappa shape index (κ2) is 9.12. The van der Waals surface area contributed by atoms with Crippen LogP contribution in [0.15, 0.2) is 42.6 Å². The summed E-state index contributed by atoms with van der Waals surface area (Å²) in [6.07, 6.45) is 5.10. The number of amides is 1. The van der Waals surface area contributed by atoms with Gasteiger partial charge in [-0.2, -0.15) is 0 Å². The molecule has 3 rings (SSSR count). The zero-order valence-electron chi connectivity index (χ0n) is 16.4. The van der Waals surface area contributed by atoms with E-state index in [0.29, 0.717) is 30.3 Å². The lowest BCUT2D eigenvalue weighted by atomic mass is 10.1. The van der Waals surface area contributed by atoms with Gasteiger partial charge in [-0.15, -0.1) is 0 Å². The molecule has 1 aliphatic heterocycles. The van der Waals surface area contributed by atoms with Crippen molar-refractivity contribution in [1.82, 2.24) is 9.88 Å². The Hall–Kier alpha value is -3.22. The molecule has 1 aliphatic rings. The van der Waals surface area contributed by atoms with Gasteiger partial charge in [0.05, 0.1) is 21.3 Å². The summed E-state index contributed by atoms with van der Waals surface area (Å²) >= 11 is 0. The summed E-state index contributed by atoms with van der Waals surface area (Å²) < 4.78 is 16.1. The minimum atomic E-state index is -0.0301. The highest BCUT2D eigenvalue weighted by atomic mass is 16.5. The van der Waals surface area contributed by atoms with Crippen molar-refractivity contribution in [2.45, 2.75) is 0 Å². The normalized spacial score (nSPS) is 14.2. The first-order valence-electron chi connectivity index (χ1n) is 9.10. The fourth-order valence-electron chi connectivity index (χ4n) is 3.22. The monoisotopic (exact) mass is 383 g/mol. The maximum Gasteiger partial charge on any atom is 0.246 e. The number of hydrogen-bond donors (Lipinski definition) is 0. The van der Waals surface area contributed by atoms with Crippen molar-refractivity contribution in [3.63, 3.8) is 0 Å². The van der Waals surface area contributed by atoms with Crippen molar-refractivity contribution in [3.05, 3.63) is 48.2 Å². The summed E-state index contributed by atoms with van der Waals surface area (Å²) in [6.45, 7) is 2.83. The van der Waals surface area contributed by atoms with Crippen molar-refractivity contribution in [2.75, 3.05) is 52.4 Å². The van der Waals surface area contributed by atoms with Crippen LogP contribution in [0.1, 0.15) is 5.56 Å². The molecule has 1 aromatic carbocycles. The van der Waals surface area contributed by atoms with Gasteiger partial charge in [-0.1, -0.05) is 6.07 Å². The molecular weight excluding hydrogens is 358 g/mol. The molecule has 2 aromatic rings. The third kappa shape index (κ3) is 4.19. The SMILES string of the molecule is COc1ccc(/C=C/C(=O)N2CCN(c3ccccn3)CC2)c(OC)c1OC. The number of piperazine rings is 1. The maximum atomic E-state index is 12.6. The molecule has 7 heteroatoms. The standard InChI is InChI=1S/C21H25N3O4/c1-26-17-9-7-16(20(27-2)21(17)28-3)8-10-19(25)24-14-12-23(13-15-24)18-6-4-5-11-22-18/h4-11H,12-15H2,1-3H3/b10-8+. The van der Waals surface area contributed by atoms with E-state index in [-0.39, 0.29) is 5.91 Å². The van der Waals surface area contributed by atoms with Crippen LogP contribution in [-0.4, -0.2) is 63.3 Å². The number of methoxy groups -OCH3 is 3. The first-order chi connectivity index (χ1) is 13.7. The number of carbonyl (C=O) groups is 1. The largest absolute Gasteiger partial charge is 0.493 e. The molecule has 1 amide bonds. The molecule has 1 aromatic heterocycles. The molecular formula is C21H25N3O4. The number of aromatic nitrogens is 1. The van der Waals surface area contributed by atoms with Crippen molar-refractivity contribution in [1.29, 1.82) is 0 Å². The number of benzene rings is 1. The highest BCUT2D eigenvalue weighted by Gasteiger charge is 2.21. The van der Waals surface area contributed by atoms with Gasteiger partial charge >= 0.3 is 0 Å². The Morgan fingerprint density at radius 3 is 2.32 bits per heavy atom. The van der Waals surface area contributed by atoms with Gasteiger partial charge in [-0.3, -0.25) is 4.79 Å². The Labute approximate surface area is 165 Å². The summed E-state index contributed by atoms with van der Waals surface area (Å²) in [5.41, 5.74) is 0.751. The molecule has 0 bridgehead atoms. The molecule has 0 unspecified atom stereocenters. The lowest BCUT2D eigenvalue weighted by molar-refractivity contribution is -0.126. The maximum absolute atomic E-state index is 12.6. The Balaban J connectivity index is 1.66. The molecule has 1 saturated heterocycles. The van der Waals surface area contributed by atoms with Crippen LogP contribution in [0.5, 0.6) is 17.2 Å². The van der Waals surface area contributed by atoms with Crippen molar-refractivity contribution in [2.24, 2.45) is 0 Å². The number of ether oxygens (including phenoxy) is 3. The van der Waals surface area contributed by atoms with Crippen molar-refractivity contribution in [3.8, 4) is 17.2 Å². The summed E-state index contributed by atoms with van der Waals surface area (Å²) in [5, 5.41) is 0. The predicted octanol–water partition coefficient (Wildman–Crippen LogP) is 2.47. The molecule has 1 fully saturated rings. The quantitative estimate of drug-likeness (QED) is 0.714. The Morgan fingerprint density at radius 1 is 0.964 bits per heavy atom. The molecule has 0 aliphatic carbocycles. The third-order valence-electron chi connectivity index (χ3n) is 4.70. The van der Waals surface area contributed by atoms with Gasteiger partial charge in [0, 0.05) is 44.0 Å². The molecule has 0 saturated carbocycles. The minimum absolute atomic E-state index is 0.0301. The van der Waals surface area contributed by atoms with Crippen molar-refractivity contribution < 1.29 is 19.0 Å². The van der Waals surface area contributed by atoms with Crippen LogP contribution in [0.25, 0.3) is 6.08 Å². The fraction of sp³-hybridized carbons (Fsp3) is 0.333. The topological polar surface area (TPSA) is 64.1 Å². The van der Waals surface area contributed by atoms with Crippen LogP contribution < -0.4 is 19.1 Å². The van der Waals surface area contributed by atoms with Crippen LogP contribution in [0.2, 0.25) is 0 Å². The Kier molecular flexibility index (Phi) is 6.37. The van der Waals surface area contributed by atoms with E-state index in [2.05, 4.69) is 9.88 Å². The Morgan fingerprint density at radius 2 is 1.71 bits per heavy atom. The molecule has 148 valence electrons. The fourth-order valence-corrected chi connectivity index (χ4v) is 3.22. The molecule has 0 N–H and O–H groups in total. The Bertz CT molecular complexity index is 831.